The van der Waals surface area contributed by atoms with Crippen molar-refractivity contribution in [2.24, 2.45) is 0 Å². The Balaban J connectivity index is 2.76. The Hall–Kier alpha value is -1.30. The third-order valence-electron chi connectivity index (χ3n) is 3.50. The van der Waals surface area contributed by atoms with Crippen molar-refractivity contribution in [2.75, 3.05) is 33.8 Å². The molecule has 1 aliphatic rings. The van der Waals surface area contributed by atoms with Gasteiger partial charge in [-0.3, -0.25) is 10.1 Å². The fraction of sp³-hybridized carbons (Fsp3) is 0.857. The van der Waals surface area contributed by atoms with E-state index in [1.165, 1.54) is 0 Å². The average molecular weight is 285 g/mol. The highest BCUT2D eigenvalue weighted by molar-refractivity contribution is 5.82. The summed E-state index contributed by atoms with van der Waals surface area (Å²) < 4.78 is 5.21. The van der Waals surface area contributed by atoms with Crippen LogP contribution >= 0.6 is 0 Å². The van der Waals surface area contributed by atoms with Gasteiger partial charge in [0.2, 0.25) is 0 Å². The second kappa shape index (κ2) is 6.92. The fourth-order valence-corrected chi connectivity index (χ4v) is 2.59. The second-order valence-electron chi connectivity index (χ2n) is 5.77. The van der Waals surface area contributed by atoms with Crippen LogP contribution in [0.25, 0.3) is 0 Å². The molecule has 0 spiro atoms. The van der Waals surface area contributed by atoms with Crippen LogP contribution in [0.1, 0.15) is 33.6 Å². The van der Waals surface area contributed by atoms with Gasteiger partial charge in [-0.05, 0) is 33.6 Å². The summed E-state index contributed by atoms with van der Waals surface area (Å²) in [6, 6.07) is 0.183. The molecule has 0 radical (unpaired) electrons. The molecule has 0 saturated carbocycles. The van der Waals surface area contributed by atoms with E-state index in [0.29, 0.717) is 32.5 Å². The summed E-state index contributed by atoms with van der Waals surface area (Å²) in [6.07, 6.45) is 1.17. The monoisotopic (exact) mass is 285 g/mol. The second-order valence-corrected chi connectivity index (χ2v) is 5.77. The minimum Gasteiger partial charge on any atom is -0.465 e. The van der Waals surface area contributed by atoms with Gasteiger partial charge in [0.05, 0.1) is 6.61 Å². The van der Waals surface area contributed by atoms with Crippen LogP contribution in [-0.4, -0.2) is 67.2 Å². The zero-order valence-electron chi connectivity index (χ0n) is 13.2. The molecule has 6 nitrogen and oxygen atoms in total. The number of nitrogens with one attached hydrogen (secondary N) is 1. The summed E-state index contributed by atoms with van der Waals surface area (Å²) in [7, 11) is 3.48. The molecule has 20 heavy (non-hydrogen) atoms. The molecule has 1 N–H and O–H groups in total. The minimum absolute atomic E-state index is 0.00740. The van der Waals surface area contributed by atoms with E-state index < -0.39 is 5.54 Å². The minimum atomic E-state index is -0.659. The van der Waals surface area contributed by atoms with Crippen molar-refractivity contribution in [1.29, 1.82) is 0 Å². The lowest BCUT2D eigenvalue weighted by molar-refractivity contribution is -0.153. The SMILES string of the molecule is CCOC(=O)C1(NC(C)C)CCN(C(=O)N(C)C)CC1. The molecule has 1 aliphatic heterocycles. The Morgan fingerprint density at radius 1 is 1.30 bits per heavy atom. The van der Waals surface area contributed by atoms with Crippen LogP contribution in [0, 0.1) is 0 Å². The van der Waals surface area contributed by atoms with Gasteiger partial charge in [-0.2, -0.15) is 0 Å². The number of carbonyl (C=O) groups is 2. The van der Waals surface area contributed by atoms with E-state index in [4.69, 9.17) is 4.74 Å². The van der Waals surface area contributed by atoms with Crippen LogP contribution in [0.2, 0.25) is 0 Å². The molecule has 0 aromatic heterocycles. The molecular formula is C14H27N3O3. The standard InChI is InChI=1S/C14H27N3O3/c1-6-20-12(18)14(15-11(2)3)7-9-17(10-8-14)13(19)16(4)5/h11,15H,6-10H2,1-5H3. The third-order valence-corrected chi connectivity index (χ3v) is 3.50. The number of hydrogen-bond acceptors (Lipinski definition) is 4. The van der Waals surface area contributed by atoms with E-state index in [1.807, 2.05) is 20.8 Å². The highest BCUT2D eigenvalue weighted by atomic mass is 16.5. The number of nitrogens with zero attached hydrogens (tertiary/aromatic N) is 2. The zero-order valence-corrected chi connectivity index (χ0v) is 13.2. The van der Waals surface area contributed by atoms with Crippen molar-refractivity contribution in [2.45, 2.75) is 45.2 Å². The van der Waals surface area contributed by atoms with Crippen LogP contribution < -0.4 is 5.32 Å². The van der Waals surface area contributed by atoms with Gasteiger partial charge < -0.3 is 14.5 Å². The Morgan fingerprint density at radius 2 is 1.85 bits per heavy atom. The lowest BCUT2D eigenvalue weighted by Crippen LogP contribution is -2.61. The van der Waals surface area contributed by atoms with Crippen LogP contribution in [0.15, 0.2) is 0 Å². The highest BCUT2D eigenvalue weighted by Crippen LogP contribution is 2.25. The van der Waals surface area contributed by atoms with Crippen molar-refractivity contribution in [1.82, 2.24) is 15.1 Å². The quantitative estimate of drug-likeness (QED) is 0.785. The zero-order chi connectivity index (χ0) is 15.3. The molecule has 0 aromatic carbocycles. The normalized spacial score (nSPS) is 18.0. The largest absolute Gasteiger partial charge is 0.465 e. The number of piperidine rings is 1. The number of amides is 2. The number of carbonyl (C=O) groups excluding carboxylic acids is 2. The van der Waals surface area contributed by atoms with Crippen molar-refractivity contribution < 1.29 is 14.3 Å². The molecule has 0 unspecified atom stereocenters. The molecule has 1 saturated heterocycles. The van der Waals surface area contributed by atoms with Gasteiger partial charge in [0.1, 0.15) is 5.54 Å². The lowest BCUT2D eigenvalue weighted by atomic mass is 9.86. The predicted molar refractivity (Wildman–Crippen MR) is 77.5 cm³/mol. The summed E-state index contributed by atoms with van der Waals surface area (Å²) in [5.41, 5.74) is -0.659. The van der Waals surface area contributed by atoms with Crippen LogP contribution in [-0.2, 0) is 9.53 Å². The first-order valence-corrected chi connectivity index (χ1v) is 7.23. The molecule has 1 heterocycles. The smallest absolute Gasteiger partial charge is 0.326 e. The topological polar surface area (TPSA) is 61.9 Å². The third kappa shape index (κ3) is 3.85. The maximum absolute atomic E-state index is 12.3. The molecule has 6 heteroatoms. The van der Waals surface area contributed by atoms with Crippen LogP contribution in [0.5, 0.6) is 0 Å². The molecule has 0 atom stereocenters. The number of likely N-dealkylation sites (tertiary alicyclic amines) is 1. The molecule has 0 aliphatic carbocycles. The summed E-state index contributed by atoms with van der Waals surface area (Å²) in [5.74, 6) is -0.203. The Morgan fingerprint density at radius 3 is 2.25 bits per heavy atom. The molecular weight excluding hydrogens is 258 g/mol. The number of ether oxygens (including phenoxy) is 1. The van der Waals surface area contributed by atoms with Crippen molar-refractivity contribution in [3.8, 4) is 0 Å². The van der Waals surface area contributed by atoms with Crippen LogP contribution in [0.4, 0.5) is 4.79 Å². The van der Waals surface area contributed by atoms with E-state index >= 15 is 0 Å². The lowest BCUT2D eigenvalue weighted by Gasteiger charge is -2.42. The van der Waals surface area contributed by atoms with Gasteiger partial charge in [0.15, 0.2) is 0 Å². The van der Waals surface area contributed by atoms with Crippen molar-refractivity contribution in [3.63, 3.8) is 0 Å². The molecule has 0 bridgehead atoms. The first-order valence-electron chi connectivity index (χ1n) is 7.23. The Bertz CT molecular complexity index is 348. The highest BCUT2D eigenvalue weighted by Gasteiger charge is 2.43. The Labute approximate surface area is 121 Å². The summed E-state index contributed by atoms with van der Waals surface area (Å²) in [5, 5.41) is 3.34. The van der Waals surface area contributed by atoms with Crippen molar-refractivity contribution >= 4 is 12.0 Å². The van der Waals surface area contributed by atoms with Gasteiger partial charge in [-0.1, -0.05) is 0 Å². The maximum atomic E-state index is 12.3. The van der Waals surface area contributed by atoms with Gasteiger partial charge in [-0.15, -0.1) is 0 Å². The van der Waals surface area contributed by atoms with E-state index in [-0.39, 0.29) is 18.0 Å². The van der Waals surface area contributed by atoms with Gasteiger partial charge in [-0.25, -0.2) is 4.79 Å². The van der Waals surface area contributed by atoms with Gasteiger partial charge >= 0.3 is 12.0 Å². The number of urea groups is 1. The summed E-state index contributed by atoms with van der Waals surface area (Å²) in [6.45, 7) is 7.34. The maximum Gasteiger partial charge on any atom is 0.326 e. The fourth-order valence-electron chi connectivity index (χ4n) is 2.59. The molecule has 1 rings (SSSR count). The molecule has 116 valence electrons. The Kier molecular flexibility index (Phi) is 5.80. The van der Waals surface area contributed by atoms with Crippen LogP contribution in [0.3, 0.4) is 0 Å². The average Bonchev–Trinajstić information content (AvgIpc) is 2.38. The first kappa shape index (κ1) is 16.8. The van der Waals surface area contributed by atoms with Gasteiger partial charge in [0, 0.05) is 33.2 Å². The van der Waals surface area contributed by atoms with E-state index in [0.717, 1.165) is 0 Å². The molecule has 0 aromatic rings. The van der Waals surface area contributed by atoms with E-state index in [2.05, 4.69) is 5.32 Å². The summed E-state index contributed by atoms with van der Waals surface area (Å²) in [4.78, 5) is 27.5. The van der Waals surface area contributed by atoms with E-state index in [1.54, 1.807) is 23.9 Å². The van der Waals surface area contributed by atoms with E-state index in [9.17, 15) is 9.59 Å². The van der Waals surface area contributed by atoms with Crippen molar-refractivity contribution in [3.05, 3.63) is 0 Å². The predicted octanol–water partition coefficient (Wildman–Crippen LogP) is 1.06. The number of esters is 1. The number of hydrogen-bond donors (Lipinski definition) is 1. The molecule has 2 amide bonds. The first-order chi connectivity index (χ1) is 9.32. The van der Waals surface area contributed by atoms with Gasteiger partial charge in [0.25, 0.3) is 0 Å². The summed E-state index contributed by atoms with van der Waals surface area (Å²) >= 11 is 0. The number of rotatable bonds is 4. The molecule has 1 fully saturated rings.